The Morgan fingerprint density at radius 1 is 0.929 bits per heavy atom. The van der Waals surface area contributed by atoms with Gasteiger partial charge < -0.3 is 5.11 Å². The number of aliphatic hydroxyl groups excluding tert-OH is 1. The first kappa shape index (κ1) is 8.91. The third-order valence-electron chi connectivity index (χ3n) is 2.08. The van der Waals surface area contributed by atoms with Crippen molar-refractivity contribution < 1.29 is 5.11 Å². The van der Waals surface area contributed by atoms with Gasteiger partial charge in [-0.15, -0.1) is 0 Å². The molecular weight excluding hydrogens is 174 g/mol. The van der Waals surface area contributed by atoms with Crippen LogP contribution in [-0.4, -0.2) is 10.1 Å². The van der Waals surface area contributed by atoms with E-state index in [1.54, 1.807) is 6.20 Å². The number of aromatic nitrogens is 1. The van der Waals surface area contributed by atoms with Crippen molar-refractivity contribution in [3.8, 4) is 0 Å². The van der Waals surface area contributed by atoms with Crippen LogP contribution < -0.4 is 0 Å². The lowest BCUT2D eigenvalue weighted by molar-refractivity contribution is 0.215. The minimum atomic E-state index is -0.627. The monoisotopic (exact) mass is 185 g/mol. The Kier molecular flexibility index (Phi) is 2.56. The van der Waals surface area contributed by atoms with Gasteiger partial charge in [0.05, 0.1) is 5.69 Å². The smallest absolute Gasteiger partial charge is 0.121 e. The van der Waals surface area contributed by atoms with Crippen molar-refractivity contribution in [1.29, 1.82) is 0 Å². The molecule has 1 N–H and O–H groups in total. The Morgan fingerprint density at radius 3 is 2.29 bits per heavy atom. The molecule has 2 aromatic rings. The third kappa shape index (κ3) is 1.80. The molecule has 0 unspecified atom stereocenters. The van der Waals surface area contributed by atoms with Crippen LogP contribution in [0.2, 0.25) is 0 Å². The minimum absolute atomic E-state index is 0.627. The number of rotatable bonds is 2. The third-order valence-corrected chi connectivity index (χ3v) is 2.08. The molecule has 14 heavy (non-hydrogen) atoms. The number of hydrogen-bond donors (Lipinski definition) is 1. The van der Waals surface area contributed by atoms with Gasteiger partial charge in [-0.1, -0.05) is 36.4 Å². The van der Waals surface area contributed by atoms with E-state index in [2.05, 4.69) is 4.98 Å². The lowest BCUT2D eigenvalue weighted by Crippen LogP contribution is -2.01. The van der Waals surface area contributed by atoms with Crippen molar-refractivity contribution in [2.24, 2.45) is 0 Å². The molecule has 0 radical (unpaired) electrons. The Bertz CT molecular complexity index is 346. The number of pyridine rings is 1. The molecule has 0 fully saturated rings. The summed E-state index contributed by atoms with van der Waals surface area (Å²) >= 11 is 0. The standard InChI is InChI=1S/C12H11NO/c14-12(10-6-2-1-3-7-10)11-8-4-5-9-13-11/h1-9,12,14H/t12-/m0/s1. The van der Waals surface area contributed by atoms with Gasteiger partial charge in [0.1, 0.15) is 6.10 Å². The Balaban J connectivity index is 2.30. The molecule has 0 bridgehead atoms. The summed E-state index contributed by atoms with van der Waals surface area (Å²) in [7, 11) is 0. The molecule has 0 saturated carbocycles. The minimum Gasteiger partial charge on any atom is -0.382 e. The average Bonchev–Trinajstić information content (AvgIpc) is 2.30. The topological polar surface area (TPSA) is 33.1 Å². The zero-order valence-electron chi connectivity index (χ0n) is 7.67. The molecule has 2 rings (SSSR count). The summed E-state index contributed by atoms with van der Waals surface area (Å²) in [5.41, 5.74) is 1.55. The maximum Gasteiger partial charge on any atom is 0.121 e. The van der Waals surface area contributed by atoms with E-state index in [0.29, 0.717) is 5.69 Å². The van der Waals surface area contributed by atoms with Gasteiger partial charge in [0, 0.05) is 6.20 Å². The number of hydrogen-bond acceptors (Lipinski definition) is 2. The molecule has 0 aliphatic heterocycles. The van der Waals surface area contributed by atoms with Gasteiger partial charge >= 0.3 is 0 Å². The van der Waals surface area contributed by atoms with E-state index < -0.39 is 6.10 Å². The molecule has 0 aliphatic rings. The van der Waals surface area contributed by atoms with Crippen molar-refractivity contribution in [1.82, 2.24) is 4.98 Å². The first-order valence-corrected chi connectivity index (χ1v) is 4.52. The second-order valence-corrected chi connectivity index (χ2v) is 3.07. The Labute approximate surface area is 82.9 Å². The Hall–Kier alpha value is -1.67. The lowest BCUT2D eigenvalue weighted by atomic mass is 10.1. The van der Waals surface area contributed by atoms with Crippen LogP contribution >= 0.6 is 0 Å². The fourth-order valence-electron chi connectivity index (χ4n) is 1.34. The van der Waals surface area contributed by atoms with Crippen LogP contribution in [0.25, 0.3) is 0 Å². The van der Waals surface area contributed by atoms with Crippen molar-refractivity contribution in [2.75, 3.05) is 0 Å². The van der Waals surface area contributed by atoms with Gasteiger partial charge in [0.2, 0.25) is 0 Å². The van der Waals surface area contributed by atoms with E-state index in [1.165, 1.54) is 0 Å². The quantitative estimate of drug-likeness (QED) is 0.777. The summed E-state index contributed by atoms with van der Waals surface area (Å²) in [5, 5.41) is 9.93. The highest BCUT2D eigenvalue weighted by molar-refractivity contribution is 5.25. The molecule has 1 atom stereocenters. The maximum absolute atomic E-state index is 9.93. The van der Waals surface area contributed by atoms with Gasteiger partial charge in [-0.05, 0) is 17.7 Å². The van der Waals surface area contributed by atoms with Gasteiger partial charge in [0.15, 0.2) is 0 Å². The summed E-state index contributed by atoms with van der Waals surface area (Å²) in [5.74, 6) is 0. The van der Waals surface area contributed by atoms with Gasteiger partial charge in [-0.3, -0.25) is 4.98 Å². The van der Waals surface area contributed by atoms with E-state index in [0.717, 1.165) is 5.56 Å². The predicted molar refractivity (Wildman–Crippen MR) is 54.7 cm³/mol. The molecule has 0 amide bonds. The second-order valence-electron chi connectivity index (χ2n) is 3.07. The number of aliphatic hydroxyl groups is 1. The maximum atomic E-state index is 9.93. The van der Waals surface area contributed by atoms with E-state index in [1.807, 2.05) is 48.5 Å². The summed E-state index contributed by atoms with van der Waals surface area (Å²) in [4.78, 5) is 4.11. The Morgan fingerprint density at radius 2 is 1.64 bits per heavy atom. The molecule has 2 nitrogen and oxygen atoms in total. The first-order valence-electron chi connectivity index (χ1n) is 4.52. The highest BCUT2D eigenvalue weighted by Gasteiger charge is 2.09. The van der Waals surface area contributed by atoms with Gasteiger partial charge in [-0.25, -0.2) is 0 Å². The summed E-state index contributed by atoms with van der Waals surface area (Å²) in [6.07, 6.45) is 1.05. The molecule has 0 spiro atoms. The predicted octanol–water partition coefficient (Wildman–Crippen LogP) is 2.16. The van der Waals surface area contributed by atoms with E-state index in [4.69, 9.17) is 0 Å². The average molecular weight is 185 g/mol. The molecule has 1 aromatic carbocycles. The molecule has 0 aliphatic carbocycles. The SMILES string of the molecule is O[C@@H](c1ccccc1)c1ccccn1. The first-order chi connectivity index (χ1) is 6.88. The molecule has 1 heterocycles. The van der Waals surface area contributed by atoms with E-state index in [9.17, 15) is 5.11 Å². The zero-order chi connectivity index (χ0) is 9.80. The largest absolute Gasteiger partial charge is 0.382 e. The van der Waals surface area contributed by atoms with Crippen LogP contribution in [0.15, 0.2) is 54.7 Å². The van der Waals surface area contributed by atoms with Crippen LogP contribution in [0.1, 0.15) is 17.4 Å². The molecule has 70 valence electrons. The van der Waals surface area contributed by atoms with Crippen molar-refractivity contribution in [3.63, 3.8) is 0 Å². The summed E-state index contributed by atoms with van der Waals surface area (Å²) < 4.78 is 0. The van der Waals surface area contributed by atoms with Gasteiger partial charge in [0.25, 0.3) is 0 Å². The summed E-state index contributed by atoms with van der Waals surface area (Å²) in [6.45, 7) is 0. The van der Waals surface area contributed by atoms with Crippen LogP contribution in [0.3, 0.4) is 0 Å². The normalized spacial score (nSPS) is 12.4. The molecular formula is C12H11NO. The molecule has 1 aromatic heterocycles. The van der Waals surface area contributed by atoms with Crippen LogP contribution in [0.4, 0.5) is 0 Å². The lowest BCUT2D eigenvalue weighted by Gasteiger charge is -2.09. The second kappa shape index (κ2) is 4.03. The highest BCUT2D eigenvalue weighted by Crippen LogP contribution is 2.18. The van der Waals surface area contributed by atoms with Crippen LogP contribution in [0, 0.1) is 0 Å². The molecule has 2 heteroatoms. The molecule has 0 saturated heterocycles. The summed E-state index contributed by atoms with van der Waals surface area (Å²) in [6, 6.07) is 15.0. The highest BCUT2D eigenvalue weighted by atomic mass is 16.3. The fourth-order valence-corrected chi connectivity index (χ4v) is 1.34. The van der Waals surface area contributed by atoms with Gasteiger partial charge in [-0.2, -0.15) is 0 Å². The fraction of sp³-hybridized carbons (Fsp3) is 0.0833. The van der Waals surface area contributed by atoms with Crippen LogP contribution in [0.5, 0.6) is 0 Å². The van der Waals surface area contributed by atoms with Crippen molar-refractivity contribution >= 4 is 0 Å². The number of benzene rings is 1. The van der Waals surface area contributed by atoms with Crippen molar-refractivity contribution in [2.45, 2.75) is 6.10 Å². The van der Waals surface area contributed by atoms with Crippen molar-refractivity contribution in [3.05, 3.63) is 66.0 Å². The number of nitrogens with zero attached hydrogens (tertiary/aromatic N) is 1. The van der Waals surface area contributed by atoms with E-state index >= 15 is 0 Å². The zero-order valence-corrected chi connectivity index (χ0v) is 7.67. The van der Waals surface area contributed by atoms with E-state index in [-0.39, 0.29) is 0 Å². The van der Waals surface area contributed by atoms with Crippen LogP contribution in [-0.2, 0) is 0 Å².